The van der Waals surface area contributed by atoms with Crippen LogP contribution >= 0.6 is 0 Å². The highest BCUT2D eigenvalue weighted by Crippen LogP contribution is 2.19. The monoisotopic (exact) mass is 295 g/mol. The summed E-state index contributed by atoms with van der Waals surface area (Å²) in [6, 6.07) is 4.05. The molecule has 0 saturated carbocycles. The lowest BCUT2D eigenvalue weighted by atomic mass is 10.0. The first-order valence-electron chi connectivity index (χ1n) is 6.29. The molecule has 0 bridgehead atoms. The topological polar surface area (TPSA) is 75.6 Å². The summed E-state index contributed by atoms with van der Waals surface area (Å²) in [6.45, 7) is 3.51. The van der Waals surface area contributed by atoms with Crippen molar-refractivity contribution in [2.75, 3.05) is 12.4 Å². The van der Waals surface area contributed by atoms with Crippen LogP contribution in [0.5, 0.6) is 0 Å². The van der Waals surface area contributed by atoms with Crippen LogP contribution in [0.4, 0.5) is 10.1 Å². The first kappa shape index (κ1) is 16.8. The summed E-state index contributed by atoms with van der Waals surface area (Å²) in [5.74, 6) is -2.12. The normalized spacial score (nSPS) is 11.6. The highest BCUT2D eigenvalue weighted by Gasteiger charge is 2.21. The minimum Gasteiger partial charge on any atom is -0.478 e. The molecule has 0 aliphatic heterocycles. The number of carbonyl (C=O) groups excluding carboxylic acids is 1. The molecule has 0 heterocycles. The lowest BCUT2D eigenvalue weighted by molar-refractivity contribution is -0.131. The molecule has 1 rings (SSSR count). The summed E-state index contributed by atoms with van der Waals surface area (Å²) >= 11 is 0. The molecule has 0 radical (unpaired) electrons. The lowest BCUT2D eigenvalue weighted by Crippen LogP contribution is -2.29. The molecule has 0 aliphatic carbocycles. The van der Waals surface area contributed by atoms with E-state index in [4.69, 9.17) is 9.84 Å². The molecule has 2 N–H and O–H groups in total. The van der Waals surface area contributed by atoms with Gasteiger partial charge in [0.25, 0.3) is 0 Å². The second-order valence-corrected chi connectivity index (χ2v) is 5.10. The van der Waals surface area contributed by atoms with Crippen LogP contribution in [0.3, 0.4) is 0 Å². The molecule has 114 valence electrons. The number of benzene rings is 1. The average Bonchev–Trinajstić information content (AvgIpc) is 2.38. The third kappa shape index (κ3) is 5.74. The number of aliphatic carboxylic acids is 1. The quantitative estimate of drug-likeness (QED) is 0.791. The average molecular weight is 295 g/mol. The number of carboxylic acid groups (broad SMARTS) is 1. The Kier molecular flexibility index (Phi) is 5.60. The zero-order valence-corrected chi connectivity index (χ0v) is 12.1. The van der Waals surface area contributed by atoms with E-state index in [0.717, 1.165) is 12.1 Å². The second kappa shape index (κ2) is 6.99. The van der Waals surface area contributed by atoms with E-state index >= 15 is 0 Å². The highest BCUT2D eigenvalue weighted by molar-refractivity contribution is 5.91. The van der Waals surface area contributed by atoms with Crippen LogP contribution in [-0.2, 0) is 14.3 Å². The van der Waals surface area contributed by atoms with Crippen molar-refractivity contribution in [1.82, 2.24) is 0 Å². The number of carboxylic acids is 1. The number of nitrogens with one attached hydrogen (secondary N) is 1. The molecule has 0 aromatic heterocycles. The van der Waals surface area contributed by atoms with Gasteiger partial charge in [-0.1, -0.05) is 6.07 Å². The number of methoxy groups -OCH3 is 1. The molecular weight excluding hydrogens is 277 g/mol. The van der Waals surface area contributed by atoms with Gasteiger partial charge in [0.15, 0.2) is 0 Å². The molecule has 1 aromatic rings. The zero-order valence-electron chi connectivity index (χ0n) is 12.1. The number of hydrogen-bond acceptors (Lipinski definition) is 3. The Morgan fingerprint density at radius 1 is 1.43 bits per heavy atom. The summed E-state index contributed by atoms with van der Waals surface area (Å²) < 4.78 is 19.0. The molecule has 0 unspecified atom stereocenters. The first-order chi connectivity index (χ1) is 9.73. The summed E-state index contributed by atoms with van der Waals surface area (Å²) in [5, 5.41) is 11.0. The SMILES string of the molecule is COC(C)(C)CC(=O)Nc1ccc(/C=C/C(=O)O)cc1F. The maximum Gasteiger partial charge on any atom is 0.328 e. The predicted octanol–water partition coefficient (Wildman–Crippen LogP) is 2.68. The van der Waals surface area contributed by atoms with Gasteiger partial charge in [0.1, 0.15) is 5.82 Å². The van der Waals surface area contributed by atoms with Crippen LogP contribution in [0.15, 0.2) is 24.3 Å². The maximum atomic E-state index is 13.8. The molecule has 5 nitrogen and oxygen atoms in total. The standard InChI is InChI=1S/C15H18FNO4/c1-15(2,21-3)9-13(18)17-12-6-4-10(8-11(12)16)5-7-14(19)20/h4-8H,9H2,1-3H3,(H,17,18)(H,19,20)/b7-5+. The number of rotatable bonds is 6. The van der Waals surface area contributed by atoms with Gasteiger partial charge in [0.05, 0.1) is 17.7 Å². The smallest absolute Gasteiger partial charge is 0.328 e. The van der Waals surface area contributed by atoms with Crippen molar-refractivity contribution in [3.63, 3.8) is 0 Å². The zero-order chi connectivity index (χ0) is 16.0. The predicted molar refractivity (Wildman–Crippen MR) is 77.4 cm³/mol. The van der Waals surface area contributed by atoms with Crippen molar-refractivity contribution in [3.05, 3.63) is 35.7 Å². The van der Waals surface area contributed by atoms with Crippen LogP contribution in [0, 0.1) is 5.82 Å². The van der Waals surface area contributed by atoms with E-state index in [0.29, 0.717) is 5.56 Å². The van der Waals surface area contributed by atoms with E-state index in [1.165, 1.54) is 25.3 Å². The Morgan fingerprint density at radius 3 is 2.62 bits per heavy atom. The Morgan fingerprint density at radius 2 is 2.10 bits per heavy atom. The summed E-state index contributed by atoms with van der Waals surface area (Å²) in [7, 11) is 1.50. The van der Waals surface area contributed by atoms with E-state index in [1.54, 1.807) is 13.8 Å². The molecule has 6 heteroatoms. The van der Waals surface area contributed by atoms with Crippen molar-refractivity contribution >= 4 is 23.6 Å². The van der Waals surface area contributed by atoms with Crippen LogP contribution in [0.25, 0.3) is 6.08 Å². The second-order valence-electron chi connectivity index (χ2n) is 5.10. The van der Waals surface area contributed by atoms with Gasteiger partial charge in [0.2, 0.25) is 5.91 Å². The van der Waals surface area contributed by atoms with E-state index in [1.807, 2.05) is 0 Å². The highest BCUT2D eigenvalue weighted by atomic mass is 19.1. The first-order valence-corrected chi connectivity index (χ1v) is 6.29. The number of hydrogen-bond donors (Lipinski definition) is 2. The van der Waals surface area contributed by atoms with Crippen LogP contribution in [0.2, 0.25) is 0 Å². The molecule has 0 aliphatic rings. The van der Waals surface area contributed by atoms with Crippen molar-refractivity contribution in [2.45, 2.75) is 25.9 Å². The van der Waals surface area contributed by atoms with Gasteiger partial charge in [-0.15, -0.1) is 0 Å². The van der Waals surface area contributed by atoms with E-state index in [9.17, 15) is 14.0 Å². The fourth-order valence-corrected chi connectivity index (χ4v) is 1.56. The van der Waals surface area contributed by atoms with Gasteiger partial charge in [-0.05, 0) is 37.6 Å². The van der Waals surface area contributed by atoms with Gasteiger partial charge in [-0.2, -0.15) is 0 Å². The Bertz CT molecular complexity index is 567. The minimum atomic E-state index is -1.12. The molecule has 0 fully saturated rings. The molecule has 0 atom stereocenters. The molecule has 0 spiro atoms. The third-order valence-corrected chi connectivity index (χ3v) is 2.82. The van der Waals surface area contributed by atoms with Crippen LogP contribution < -0.4 is 5.32 Å². The maximum absolute atomic E-state index is 13.8. The fraction of sp³-hybridized carbons (Fsp3) is 0.333. The largest absolute Gasteiger partial charge is 0.478 e. The summed E-state index contributed by atoms with van der Waals surface area (Å²) in [4.78, 5) is 22.2. The van der Waals surface area contributed by atoms with Gasteiger partial charge < -0.3 is 15.2 Å². The summed E-state index contributed by atoms with van der Waals surface area (Å²) in [6.07, 6.45) is 2.27. The Labute approximate surface area is 122 Å². The molecule has 0 saturated heterocycles. The Balaban J connectivity index is 2.77. The number of amides is 1. The van der Waals surface area contributed by atoms with Crippen LogP contribution in [0.1, 0.15) is 25.8 Å². The Hall–Kier alpha value is -2.21. The molecule has 1 aromatic carbocycles. The van der Waals surface area contributed by atoms with Crippen molar-refractivity contribution in [2.24, 2.45) is 0 Å². The number of carbonyl (C=O) groups is 2. The molecular formula is C15H18FNO4. The van der Waals surface area contributed by atoms with Gasteiger partial charge in [-0.25, -0.2) is 9.18 Å². The van der Waals surface area contributed by atoms with Gasteiger partial charge >= 0.3 is 5.97 Å². The number of halogens is 1. The van der Waals surface area contributed by atoms with Gasteiger partial charge in [-0.3, -0.25) is 4.79 Å². The van der Waals surface area contributed by atoms with Crippen LogP contribution in [-0.4, -0.2) is 29.7 Å². The van der Waals surface area contributed by atoms with Gasteiger partial charge in [0, 0.05) is 13.2 Å². The van der Waals surface area contributed by atoms with Crippen molar-refractivity contribution in [3.8, 4) is 0 Å². The van der Waals surface area contributed by atoms with Crippen molar-refractivity contribution < 1.29 is 23.8 Å². The molecule has 21 heavy (non-hydrogen) atoms. The van der Waals surface area contributed by atoms with Crippen molar-refractivity contribution in [1.29, 1.82) is 0 Å². The van der Waals surface area contributed by atoms with E-state index in [2.05, 4.69) is 5.32 Å². The third-order valence-electron chi connectivity index (χ3n) is 2.82. The summed E-state index contributed by atoms with van der Waals surface area (Å²) in [5.41, 5.74) is -0.199. The van der Waals surface area contributed by atoms with E-state index < -0.39 is 17.4 Å². The lowest BCUT2D eigenvalue weighted by Gasteiger charge is -2.22. The number of anilines is 1. The minimum absolute atomic E-state index is 0.0411. The fourth-order valence-electron chi connectivity index (χ4n) is 1.56. The number of ether oxygens (including phenoxy) is 1. The molecule has 1 amide bonds. The van der Waals surface area contributed by atoms with E-state index in [-0.39, 0.29) is 18.0 Å².